The standard InChI is InChI=1S/C22H23N3O3S/c1-29-14-17-16-9-3-5-11-19(16)28-21(17)22(27)24-23-20(26)13-25-12-6-8-15-7-2-4-10-18(15)25/h2-5,7,9-11H,6,8,12-14H2,1H3,(H,23,26)(H,24,27). The van der Waals surface area contributed by atoms with Crippen molar-refractivity contribution in [2.75, 3.05) is 24.2 Å². The molecule has 0 radical (unpaired) electrons. The van der Waals surface area contributed by atoms with Gasteiger partial charge in [-0.1, -0.05) is 36.4 Å². The van der Waals surface area contributed by atoms with Gasteiger partial charge >= 0.3 is 5.91 Å². The zero-order valence-electron chi connectivity index (χ0n) is 16.2. The minimum absolute atomic E-state index is 0.190. The number of benzene rings is 2. The van der Waals surface area contributed by atoms with Gasteiger partial charge in [0.15, 0.2) is 5.76 Å². The largest absolute Gasteiger partial charge is 0.451 e. The molecule has 2 amide bonds. The molecule has 0 spiro atoms. The Morgan fingerprint density at radius 3 is 2.76 bits per heavy atom. The number of amides is 2. The van der Waals surface area contributed by atoms with Crippen molar-refractivity contribution in [3.63, 3.8) is 0 Å². The van der Waals surface area contributed by atoms with E-state index >= 15 is 0 Å². The zero-order valence-corrected chi connectivity index (χ0v) is 17.1. The molecule has 6 nitrogen and oxygen atoms in total. The van der Waals surface area contributed by atoms with Crippen molar-refractivity contribution < 1.29 is 14.0 Å². The Bertz CT molecular complexity index is 1050. The molecular formula is C22H23N3O3S. The molecule has 2 heterocycles. The van der Waals surface area contributed by atoms with E-state index in [4.69, 9.17) is 4.42 Å². The van der Waals surface area contributed by atoms with Crippen molar-refractivity contribution in [2.45, 2.75) is 18.6 Å². The molecule has 4 rings (SSSR count). The van der Waals surface area contributed by atoms with Gasteiger partial charge in [-0.2, -0.15) is 11.8 Å². The van der Waals surface area contributed by atoms with E-state index in [2.05, 4.69) is 16.9 Å². The van der Waals surface area contributed by atoms with Gasteiger partial charge in [0.1, 0.15) is 5.58 Å². The monoisotopic (exact) mass is 409 g/mol. The van der Waals surface area contributed by atoms with Crippen LogP contribution in [-0.2, 0) is 17.0 Å². The van der Waals surface area contributed by atoms with Gasteiger partial charge in [-0.3, -0.25) is 20.4 Å². The molecule has 29 heavy (non-hydrogen) atoms. The predicted molar refractivity (Wildman–Crippen MR) is 116 cm³/mol. The van der Waals surface area contributed by atoms with E-state index in [-0.39, 0.29) is 18.2 Å². The maximum Gasteiger partial charge on any atom is 0.305 e. The fraction of sp³-hybridized carbons (Fsp3) is 0.273. The highest BCUT2D eigenvalue weighted by molar-refractivity contribution is 7.97. The summed E-state index contributed by atoms with van der Waals surface area (Å²) in [6, 6.07) is 15.7. The molecule has 0 aliphatic carbocycles. The van der Waals surface area contributed by atoms with Crippen LogP contribution in [0.4, 0.5) is 5.69 Å². The summed E-state index contributed by atoms with van der Waals surface area (Å²) in [5, 5.41) is 0.920. The van der Waals surface area contributed by atoms with Crippen LogP contribution in [0.5, 0.6) is 0 Å². The number of carbonyl (C=O) groups excluding carboxylic acids is 2. The second-order valence-electron chi connectivity index (χ2n) is 7.00. The first-order chi connectivity index (χ1) is 14.2. The molecule has 0 atom stereocenters. The molecule has 0 unspecified atom stereocenters. The van der Waals surface area contributed by atoms with Crippen LogP contribution in [-0.4, -0.2) is 31.2 Å². The lowest BCUT2D eigenvalue weighted by molar-refractivity contribution is -0.120. The summed E-state index contributed by atoms with van der Waals surface area (Å²) in [4.78, 5) is 27.1. The molecule has 1 aromatic heterocycles. The highest BCUT2D eigenvalue weighted by Crippen LogP contribution is 2.29. The minimum Gasteiger partial charge on any atom is -0.451 e. The Morgan fingerprint density at radius 2 is 1.90 bits per heavy atom. The highest BCUT2D eigenvalue weighted by atomic mass is 32.2. The molecule has 0 bridgehead atoms. The molecule has 1 aliphatic rings. The average Bonchev–Trinajstić information content (AvgIpc) is 3.11. The van der Waals surface area contributed by atoms with E-state index < -0.39 is 5.91 Å². The number of hydrogen-bond acceptors (Lipinski definition) is 5. The number of nitrogens with zero attached hydrogens (tertiary/aromatic N) is 1. The number of para-hydroxylation sites is 2. The number of furan rings is 1. The molecule has 2 N–H and O–H groups in total. The Morgan fingerprint density at radius 1 is 1.10 bits per heavy atom. The second kappa shape index (κ2) is 8.61. The van der Waals surface area contributed by atoms with Crippen LogP contribution in [0.2, 0.25) is 0 Å². The van der Waals surface area contributed by atoms with Crippen LogP contribution in [0.25, 0.3) is 11.0 Å². The lowest BCUT2D eigenvalue weighted by Gasteiger charge is -2.30. The van der Waals surface area contributed by atoms with Crippen molar-refractivity contribution in [1.29, 1.82) is 0 Å². The van der Waals surface area contributed by atoms with Crippen molar-refractivity contribution in [1.82, 2.24) is 10.9 Å². The molecule has 0 fully saturated rings. The molecular weight excluding hydrogens is 386 g/mol. The number of fused-ring (bicyclic) bond motifs is 2. The smallest absolute Gasteiger partial charge is 0.305 e. The summed E-state index contributed by atoms with van der Waals surface area (Å²) in [6.07, 6.45) is 4.00. The van der Waals surface area contributed by atoms with Crippen LogP contribution in [0, 0.1) is 0 Å². The molecule has 0 saturated heterocycles. The van der Waals surface area contributed by atoms with Gasteiger partial charge in [0, 0.05) is 28.9 Å². The van der Waals surface area contributed by atoms with E-state index in [0.717, 1.165) is 36.0 Å². The third-order valence-corrected chi connectivity index (χ3v) is 5.63. The minimum atomic E-state index is -0.447. The summed E-state index contributed by atoms with van der Waals surface area (Å²) < 4.78 is 5.76. The van der Waals surface area contributed by atoms with Crippen LogP contribution in [0.3, 0.4) is 0 Å². The quantitative estimate of drug-likeness (QED) is 0.631. The Hall–Kier alpha value is -2.93. The summed E-state index contributed by atoms with van der Waals surface area (Å²) in [5.41, 5.74) is 8.86. The van der Waals surface area contributed by atoms with Crippen LogP contribution >= 0.6 is 11.8 Å². The SMILES string of the molecule is CSCc1c(C(=O)NNC(=O)CN2CCCc3ccccc32)oc2ccccc12. The van der Waals surface area contributed by atoms with Crippen LogP contribution in [0.1, 0.15) is 28.1 Å². The first kappa shape index (κ1) is 19.4. The van der Waals surface area contributed by atoms with Gasteiger partial charge in [-0.15, -0.1) is 0 Å². The summed E-state index contributed by atoms with van der Waals surface area (Å²) >= 11 is 1.61. The number of rotatable bonds is 5. The molecule has 0 saturated carbocycles. The number of aryl methyl sites for hydroxylation is 1. The summed E-state index contributed by atoms with van der Waals surface area (Å²) in [5.74, 6) is 0.178. The zero-order chi connectivity index (χ0) is 20.2. The highest BCUT2D eigenvalue weighted by Gasteiger charge is 2.22. The fourth-order valence-corrected chi connectivity index (χ4v) is 4.32. The van der Waals surface area contributed by atoms with Crippen molar-refractivity contribution in [2.24, 2.45) is 0 Å². The molecule has 1 aliphatic heterocycles. The fourth-order valence-electron chi connectivity index (χ4n) is 3.74. The van der Waals surface area contributed by atoms with Crippen LogP contribution < -0.4 is 15.8 Å². The number of carbonyl (C=O) groups is 2. The van der Waals surface area contributed by atoms with E-state index in [1.807, 2.05) is 53.6 Å². The Balaban J connectivity index is 1.42. The number of nitrogens with one attached hydrogen (secondary N) is 2. The van der Waals surface area contributed by atoms with E-state index in [0.29, 0.717) is 11.3 Å². The maximum atomic E-state index is 12.7. The number of hydrogen-bond donors (Lipinski definition) is 2. The Labute approximate surface area is 173 Å². The molecule has 7 heteroatoms. The first-order valence-electron chi connectivity index (χ1n) is 9.58. The van der Waals surface area contributed by atoms with Gasteiger partial charge in [0.2, 0.25) is 0 Å². The van der Waals surface area contributed by atoms with E-state index in [1.54, 1.807) is 11.8 Å². The topological polar surface area (TPSA) is 74.6 Å². The molecule has 150 valence electrons. The maximum absolute atomic E-state index is 12.7. The summed E-state index contributed by atoms with van der Waals surface area (Å²) in [6.45, 7) is 1.01. The van der Waals surface area contributed by atoms with E-state index in [9.17, 15) is 9.59 Å². The number of thioether (sulfide) groups is 1. The van der Waals surface area contributed by atoms with Crippen molar-refractivity contribution >= 4 is 40.2 Å². The van der Waals surface area contributed by atoms with Gasteiger partial charge < -0.3 is 9.32 Å². The Kier molecular flexibility index (Phi) is 5.76. The number of hydrazine groups is 1. The van der Waals surface area contributed by atoms with Gasteiger partial charge in [-0.05, 0) is 36.8 Å². The lowest BCUT2D eigenvalue weighted by atomic mass is 10.0. The number of anilines is 1. The molecule has 2 aromatic carbocycles. The normalized spacial score (nSPS) is 13.2. The molecule has 3 aromatic rings. The summed E-state index contributed by atoms with van der Waals surface area (Å²) in [7, 11) is 0. The van der Waals surface area contributed by atoms with Gasteiger partial charge in [-0.25, -0.2) is 0 Å². The van der Waals surface area contributed by atoms with Gasteiger partial charge in [0.25, 0.3) is 5.91 Å². The van der Waals surface area contributed by atoms with Gasteiger partial charge in [0.05, 0.1) is 6.54 Å². The van der Waals surface area contributed by atoms with Crippen LogP contribution in [0.15, 0.2) is 52.9 Å². The van der Waals surface area contributed by atoms with Crippen molar-refractivity contribution in [3.8, 4) is 0 Å². The average molecular weight is 410 g/mol. The third-order valence-electron chi connectivity index (χ3n) is 5.05. The first-order valence-corrected chi connectivity index (χ1v) is 11.0. The third kappa shape index (κ3) is 4.10. The van der Waals surface area contributed by atoms with E-state index in [1.165, 1.54) is 5.56 Å². The lowest BCUT2D eigenvalue weighted by Crippen LogP contribution is -2.47. The van der Waals surface area contributed by atoms with Crippen molar-refractivity contribution in [3.05, 3.63) is 65.4 Å². The second-order valence-corrected chi connectivity index (χ2v) is 7.86. The predicted octanol–water partition coefficient (Wildman–Crippen LogP) is 3.51.